The van der Waals surface area contributed by atoms with Gasteiger partial charge in [-0.2, -0.15) is 13.2 Å². The summed E-state index contributed by atoms with van der Waals surface area (Å²) >= 11 is 0. The van der Waals surface area contributed by atoms with Crippen LogP contribution in [0.2, 0.25) is 0 Å². The van der Waals surface area contributed by atoms with Gasteiger partial charge in [-0.05, 0) is 73.8 Å². The molecule has 31 heavy (non-hydrogen) atoms. The number of alkyl halides is 3. The van der Waals surface area contributed by atoms with E-state index in [-0.39, 0.29) is 17.5 Å². The van der Waals surface area contributed by atoms with Gasteiger partial charge < -0.3 is 10.1 Å². The van der Waals surface area contributed by atoms with Gasteiger partial charge in [0.05, 0.1) is 23.2 Å². The Kier molecular flexibility index (Phi) is 5.73. The minimum absolute atomic E-state index is 0.148. The van der Waals surface area contributed by atoms with Crippen molar-refractivity contribution in [3.63, 3.8) is 0 Å². The first-order valence-electron chi connectivity index (χ1n) is 10.8. The Balaban J connectivity index is 1.71. The van der Waals surface area contributed by atoms with E-state index in [0.29, 0.717) is 12.0 Å². The average molecular weight is 432 g/mol. The van der Waals surface area contributed by atoms with Crippen LogP contribution in [0.4, 0.5) is 13.2 Å². The molecule has 0 saturated carbocycles. The number of benzene rings is 1. The van der Waals surface area contributed by atoms with Gasteiger partial charge in [0.15, 0.2) is 0 Å². The van der Waals surface area contributed by atoms with Crippen molar-refractivity contribution in [3.05, 3.63) is 70.0 Å². The third-order valence-electron chi connectivity index (χ3n) is 6.64. The minimum atomic E-state index is -4.38. The van der Waals surface area contributed by atoms with Gasteiger partial charge in [0.25, 0.3) is 0 Å². The molecule has 1 aliphatic heterocycles. The van der Waals surface area contributed by atoms with Crippen LogP contribution in [0, 0.1) is 5.92 Å². The van der Waals surface area contributed by atoms with Gasteiger partial charge in [0.1, 0.15) is 0 Å². The lowest BCUT2D eigenvalue weighted by Crippen LogP contribution is -2.43. The van der Waals surface area contributed by atoms with E-state index in [0.717, 1.165) is 36.9 Å². The number of carboxylic acids is 1. The molecule has 4 rings (SSSR count). The van der Waals surface area contributed by atoms with Crippen molar-refractivity contribution >= 4 is 5.97 Å². The lowest BCUT2D eigenvalue weighted by atomic mass is 9.83. The summed E-state index contributed by atoms with van der Waals surface area (Å²) in [4.78, 5) is 11.2. The van der Waals surface area contributed by atoms with Gasteiger partial charge in [-0.3, -0.25) is 0 Å². The summed E-state index contributed by atoms with van der Waals surface area (Å²) in [6, 6.07) is 6.15. The zero-order chi connectivity index (χ0) is 22.3. The molecule has 1 aromatic rings. The molecule has 0 amide bonds. The number of carboxylic acid groups (broad SMARTS) is 1. The molecule has 0 bridgehead atoms. The second-order valence-electron chi connectivity index (χ2n) is 8.62. The molecular formula is C24H27F3N2O2. The molecule has 166 valence electrons. The number of halogens is 3. The molecule has 3 atom stereocenters. The summed E-state index contributed by atoms with van der Waals surface area (Å²) in [5.74, 6) is -1.18. The number of nitrogens with one attached hydrogen (secondary N) is 1. The van der Waals surface area contributed by atoms with Gasteiger partial charge in [0, 0.05) is 5.70 Å². The van der Waals surface area contributed by atoms with Crippen molar-refractivity contribution in [2.75, 3.05) is 0 Å². The molecule has 7 heteroatoms. The fourth-order valence-electron chi connectivity index (χ4n) is 5.15. The molecule has 1 heterocycles. The maximum absolute atomic E-state index is 13.8. The van der Waals surface area contributed by atoms with Crippen LogP contribution in [-0.2, 0) is 0 Å². The second kappa shape index (κ2) is 8.19. The lowest BCUT2D eigenvalue weighted by Gasteiger charge is -2.37. The van der Waals surface area contributed by atoms with Crippen molar-refractivity contribution in [2.45, 2.75) is 64.2 Å². The molecule has 3 unspecified atom stereocenters. The first-order chi connectivity index (χ1) is 14.7. The number of allylic oxidation sites excluding steroid dienone is 4. The standard InChI is InChI=1S/C24H27F3N2O2/c1-14-6-5-8-19(24(25,26)27)21(14)15(2)29-20-9-4-3-7-18(20)22(28-29)16-10-12-17(13-11-16)23(30)31/h5,8,10-15,22,28H,3-4,6-7,9H2,1-2H3,(H,30,31). The van der Waals surface area contributed by atoms with Gasteiger partial charge in [-0.15, -0.1) is 0 Å². The normalized spacial score (nSPS) is 25.1. The topological polar surface area (TPSA) is 52.6 Å². The van der Waals surface area contributed by atoms with E-state index < -0.39 is 23.8 Å². The molecule has 0 radical (unpaired) electrons. The number of rotatable bonds is 4. The van der Waals surface area contributed by atoms with Gasteiger partial charge in [-0.25, -0.2) is 10.2 Å². The summed E-state index contributed by atoms with van der Waals surface area (Å²) in [7, 11) is 0. The number of hydrazine groups is 1. The Morgan fingerprint density at radius 3 is 2.52 bits per heavy atom. The van der Waals surface area contributed by atoms with Crippen LogP contribution in [0.1, 0.15) is 67.9 Å². The molecule has 4 nitrogen and oxygen atoms in total. The van der Waals surface area contributed by atoms with E-state index in [9.17, 15) is 18.0 Å². The number of hydrogen-bond acceptors (Lipinski definition) is 3. The Labute approximate surface area is 180 Å². The smallest absolute Gasteiger partial charge is 0.416 e. The predicted molar refractivity (Wildman–Crippen MR) is 112 cm³/mol. The van der Waals surface area contributed by atoms with Crippen LogP contribution in [0.3, 0.4) is 0 Å². The van der Waals surface area contributed by atoms with Crippen molar-refractivity contribution in [1.29, 1.82) is 0 Å². The molecule has 2 N–H and O–H groups in total. The Hall–Kier alpha value is -2.54. The molecule has 1 aromatic carbocycles. The van der Waals surface area contributed by atoms with E-state index >= 15 is 0 Å². The summed E-state index contributed by atoms with van der Waals surface area (Å²) in [6.45, 7) is 3.70. The van der Waals surface area contributed by atoms with Crippen molar-refractivity contribution in [2.24, 2.45) is 5.92 Å². The fourth-order valence-corrected chi connectivity index (χ4v) is 5.15. The fraction of sp³-hybridized carbons (Fsp3) is 0.458. The highest BCUT2D eigenvalue weighted by Gasteiger charge is 2.42. The molecular weight excluding hydrogens is 405 g/mol. The van der Waals surface area contributed by atoms with Crippen molar-refractivity contribution < 1.29 is 23.1 Å². The van der Waals surface area contributed by atoms with Crippen LogP contribution in [-0.4, -0.2) is 28.3 Å². The van der Waals surface area contributed by atoms with Crippen LogP contribution in [0.15, 0.2) is 58.8 Å². The number of aromatic carboxylic acids is 1. The lowest BCUT2D eigenvalue weighted by molar-refractivity contribution is -0.0904. The first kappa shape index (κ1) is 21.7. The molecule has 0 aromatic heterocycles. The maximum atomic E-state index is 13.8. The monoisotopic (exact) mass is 432 g/mol. The first-order valence-corrected chi connectivity index (χ1v) is 10.8. The highest BCUT2D eigenvalue weighted by Crippen LogP contribution is 2.45. The number of hydrogen-bond donors (Lipinski definition) is 2. The molecule has 0 fully saturated rings. The molecule has 2 aliphatic carbocycles. The molecule has 0 spiro atoms. The Morgan fingerprint density at radius 1 is 1.19 bits per heavy atom. The molecule has 0 saturated heterocycles. The largest absolute Gasteiger partial charge is 0.478 e. The van der Waals surface area contributed by atoms with E-state index in [4.69, 9.17) is 5.11 Å². The third-order valence-corrected chi connectivity index (χ3v) is 6.64. The summed E-state index contributed by atoms with van der Waals surface area (Å²) in [5.41, 5.74) is 6.79. The SMILES string of the molecule is CC1CC=CC(C(F)(F)F)=C1C(C)N1NC(c2ccc(C(=O)O)cc2)C2=C1CCCC2. The van der Waals surface area contributed by atoms with Crippen LogP contribution >= 0.6 is 0 Å². The predicted octanol–water partition coefficient (Wildman–Crippen LogP) is 5.92. The van der Waals surface area contributed by atoms with Gasteiger partial charge in [-0.1, -0.05) is 31.2 Å². The van der Waals surface area contributed by atoms with Crippen LogP contribution in [0.25, 0.3) is 0 Å². The van der Waals surface area contributed by atoms with E-state index in [1.165, 1.54) is 11.6 Å². The summed E-state index contributed by atoms with van der Waals surface area (Å²) < 4.78 is 41.3. The number of nitrogens with zero attached hydrogens (tertiary/aromatic N) is 1. The number of carbonyl (C=O) groups is 1. The highest BCUT2D eigenvalue weighted by atomic mass is 19.4. The zero-order valence-electron chi connectivity index (χ0n) is 17.7. The van der Waals surface area contributed by atoms with Crippen molar-refractivity contribution in [3.8, 4) is 0 Å². The van der Waals surface area contributed by atoms with Crippen molar-refractivity contribution in [1.82, 2.24) is 10.4 Å². The summed E-state index contributed by atoms with van der Waals surface area (Å²) in [5, 5.41) is 11.1. The average Bonchev–Trinajstić information content (AvgIpc) is 3.12. The van der Waals surface area contributed by atoms with E-state index in [2.05, 4.69) is 5.43 Å². The Bertz CT molecular complexity index is 960. The highest BCUT2D eigenvalue weighted by molar-refractivity contribution is 5.87. The third kappa shape index (κ3) is 4.03. The quantitative estimate of drug-likeness (QED) is 0.620. The van der Waals surface area contributed by atoms with E-state index in [1.54, 1.807) is 30.3 Å². The Morgan fingerprint density at radius 2 is 1.87 bits per heavy atom. The minimum Gasteiger partial charge on any atom is -0.478 e. The summed E-state index contributed by atoms with van der Waals surface area (Å²) in [6.07, 6.45) is 2.81. The second-order valence-corrected chi connectivity index (χ2v) is 8.62. The van der Waals surface area contributed by atoms with E-state index in [1.807, 2.05) is 18.9 Å². The van der Waals surface area contributed by atoms with Crippen LogP contribution < -0.4 is 5.43 Å². The van der Waals surface area contributed by atoms with Crippen LogP contribution in [0.5, 0.6) is 0 Å². The maximum Gasteiger partial charge on any atom is 0.416 e. The van der Waals surface area contributed by atoms with Gasteiger partial charge in [0.2, 0.25) is 0 Å². The molecule has 3 aliphatic rings. The van der Waals surface area contributed by atoms with Gasteiger partial charge >= 0.3 is 12.1 Å². The zero-order valence-corrected chi connectivity index (χ0v) is 17.7.